The average molecular weight is 568 g/mol. The number of carbonyl (C=O) groups is 1. The highest BCUT2D eigenvalue weighted by atomic mass is 19.4. The lowest BCUT2D eigenvalue weighted by Crippen LogP contribution is -2.41. The molecule has 218 valence electrons. The number of amides is 1. The van der Waals surface area contributed by atoms with Crippen LogP contribution in [-0.2, 0) is 23.7 Å². The molecule has 10 heteroatoms. The summed E-state index contributed by atoms with van der Waals surface area (Å²) < 4.78 is 79.2. The minimum Gasteiger partial charge on any atom is -0.352 e. The van der Waals surface area contributed by atoms with E-state index in [1.54, 1.807) is 0 Å². The topological polar surface area (TPSA) is 58.4 Å². The van der Waals surface area contributed by atoms with Gasteiger partial charge in [-0.1, -0.05) is 49.4 Å². The molecule has 2 aromatic carbocycles. The Labute approximate surface area is 230 Å². The van der Waals surface area contributed by atoms with Gasteiger partial charge in [0.05, 0.1) is 11.1 Å². The van der Waals surface area contributed by atoms with E-state index in [0.29, 0.717) is 43.4 Å². The van der Waals surface area contributed by atoms with Gasteiger partial charge in [-0.25, -0.2) is 0 Å². The Balaban J connectivity index is 1.34. The highest BCUT2D eigenvalue weighted by Crippen LogP contribution is 2.39. The van der Waals surface area contributed by atoms with Crippen molar-refractivity contribution in [3.05, 3.63) is 76.9 Å². The zero-order chi connectivity index (χ0) is 29.1. The van der Waals surface area contributed by atoms with Gasteiger partial charge in [-0.3, -0.25) is 4.79 Å². The highest BCUT2D eigenvalue weighted by molar-refractivity contribution is 5.79. The van der Waals surface area contributed by atoms with E-state index in [9.17, 15) is 31.1 Å². The monoisotopic (exact) mass is 567 g/mol. The maximum absolute atomic E-state index is 13.2. The molecule has 1 aliphatic carbocycles. The van der Waals surface area contributed by atoms with Gasteiger partial charge in [0.1, 0.15) is 0 Å². The van der Waals surface area contributed by atoms with Crippen molar-refractivity contribution < 1.29 is 31.1 Å². The highest BCUT2D eigenvalue weighted by Gasteiger charge is 2.44. The fraction of sp³-hybridized carbons (Fsp3) is 0.500. The molecule has 1 saturated heterocycles. The van der Waals surface area contributed by atoms with E-state index in [2.05, 4.69) is 41.4 Å². The maximum atomic E-state index is 13.2. The van der Waals surface area contributed by atoms with Gasteiger partial charge >= 0.3 is 12.4 Å². The van der Waals surface area contributed by atoms with Crippen LogP contribution in [0.3, 0.4) is 0 Å². The minimum absolute atomic E-state index is 0.0454. The van der Waals surface area contributed by atoms with E-state index >= 15 is 0 Å². The smallest absolute Gasteiger partial charge is 0.352 e. The molecule has 4 unspecified atom stereocenters. The fourth-order valence-electron chi connectivity index (χ4n) is 5.54. The van der Waals surface area contributed by atoms with Gasteiger partial charge in [0.25, 0.3) is 0 Å². The third-order valence-corrected chi connectivity index (χ3v) is 8.01. The molecule has 0 radical (unpaired) electrons. The number of nitrogens with zero attached hydrogens (tertiary/aromatic N) is 1. The number of hydrogen-bond acceptors (Lipinski definition) is 3. The Kier molecular flexibility index (Phi) is 9.29. The molecule has 40 heavy (non-hydrogen) atoms. The van der Waals surface area contributed by atoms with Crippen LogP contribution in [0.25, 0.3) is 6.08 Å². The number of likely N-dealkylation sites (tertiary alicyclic amines) is 1. The first-order chi connectivity index (χ1) is 18.8. The first-order valence-corrected chi connectivity index (χ1v) is 13.6. The number of allylic oxidation sites excluding steroid dienone is 1. The summed E-state index contributed by atoms with van der Waals surface area (Å²) in [6.07, 6.45) is -3.29. The molecule has 4 nitrogen and oxygen atoms in total. The molecule has 1 heterocycles. The standard InChI is InChI=1S/C30H35F6N3O/c1-19-18-39(11-9-22(19)8-7-20-5-3-2-4-6-20)12-10-25(26-16-27(26)37)28(40)38-17-21-13-23(29(31,32)33)15-24(14-21)30(34,35)36/h2-8,13-15,19,22,25-27H,9-12,16-18,37H2,1H3,(H,38,40)/b8-7-/t19-,22?,25?,26?,27?/m0/s1. The molecule has 1 aliphatic heterocycles. The van der Waals surface area contributed by atoms with E-state index in [1.165, 1.54) is 0 Å². The Morgan fingerprint density at radius 3 is 2.25 bits per heavy atom. The first-order valence-electron chi connectivity index (χ1n) is 13.6. The van der Waals surface area contributed by atoms with Crippen molar-refractivity contribution in [3.8, 4) is 0 Å². The number of rotatable bonds is 9. The molecule has 0 bridgehead atoms. The molecular formula is C30H35F6N3O. The van der Waals surface area contributed by atoms with Gasteiger partial charge in [0, 0.05) is 25.0 Å². The number of nitrogens with one attached hydrogen (secondary N) is 1. The van der Waals surface area contributed by atoms with Crippen LogP contribution in [0.2, 0.25) is 0 Å². The molecule has 0 aromatic heterocycles. The van der Waals surface area contributed by atoms with Crippen LogP contribution in [0.15, 0.2) is 54.6 Å². The fourth-order valence-corrected chi connectivity index (χ4v) is 5.54. The SMILES string of the molecule is C[C@H]1CN(CCC(C(=O)NCc2cc(C(F)(F)F)cc(C(F)(F)F)c2)C2CC2N)CCC1/C=C\c1ccccc1. The summed E-state index contributed by atoms with van der Waals surface area (Å²) >= 11 is 0. The van der Waals surface area contributed by atoms with Crippen molar-refractivity contribution in [2.75, 3.05) is 19.6 Å². The van der Waals surface area contributed by atoms with Crippen LogP contribution < -0.4 is 11.1 Å². The number of hydrogen-bond donors (Lipinski definition) is 2. The zero-order valence-electron chi connectivity index (χ0n) is 22.3. The van der Waals surface area contributed by atoms with Crippen LogP contribution in [0.5, 0.6) is 0 Å². The molecule has 2 aromatic rings. The second-order valence-corrected chi connectivity index (χ2v) is 11.1. The van der Waals surface area contributed by atoms with Crippen LogP contribution in [0, 0.1) is 23.7 Å². The molecular weight excluding hydrogens is 532 g/mol. The number of carbonyl (C=O) groups excluding carboxylic acids is 1. The molecule has 1 amide bonds. The molecule has 2 fully saturated rings. The second kappa shape index (κ2) is 12.3. The normalized spacial score (nSPS) is 24.7. The Hall–Kier alpha value is -2.85. The largest absolute Gasteiger partial charge is 0.416 e. The average Bonchev–Trinajstić information content (AvgIpc) is 3.62. The van der Waals surface area contributed by atoms with Crippen molar-refractivity contribution in [3.63, 3.8) is 0 Å². The lowest BCUT2D eigenvalue weighted by atomic mass is 9.86. The third kappa shape index (κ3) is 8.10. The number of halogens is 6. The van der Waals surface area contributed by atoms with Gasteiger partial charge in [-0.2, -0.15) is 26.3 Å². The summed E-state index contributed by atoms with van der Waals surface area (Å²) in [6, 6.07) is 11.4. The number of piperidine rings is 1. The van der Waals surface area contributed by atoms with Crippen molar-refractivity contribution >= 4 is 12.0 Å². The maximum Gasteiger partial charge on any atom is 0.416 e. The summed E-state index contributed by atoms with van der Waals surface area (Å²) in [6.45, 7) is 4.20. The first kappa shape index (κ1) is 30.1. The lowest BCUT2D eigenvalue weighted by molar-refractivity contribution is -0.143. The Bertz CT molecular complexity index is 1150. The van der Waals surface area contributed by atoms with E-state index in [4.69, 9.17) is 5.73 Å². The summed E-state index contributed by atoms with van der Waals surface area (Å²) in [4.78, 5) is 15.4. The Morgan fingerprint density at radius 2 is 1.70 bits per heavy atom. The van der Waals surface area contributed by atoms with Crippen molar-refractivity contribution in [1.29, 1.82) is 0 Å². The van der Waals surface area contributed by atoms with E-state index in [0.717, 1.165) is 25.1 Å². The number of benzene rings is 2. The van der Waals surface area contributed by atoms with Crippen molar-refractivity contribution in [1.82, 2.24) is 10.2 Å². The predicted octanol–water partition coefficient (Wildman–Crippen LogP) is 6.37. The zero-order valence-corrected chi connectivity index (χ0v) is 22.3. The van der Waals surface area contributed by atoms with Crippen molar-refractivity contribution in [2.24, 2.45) is 29.4 Å². The summed E-state index contributed by atoms with van der Waals surface area (Å²) in [7, 11) is 0. The molecule has 0 spiro atoms. The summed E-state index contributed by atoms with van der Waals surface area (Å²) in [5.41, 5.74) is 4.13. The van der Waals surface area contributed by atoms with Crippen LogP contribution >= 0.6 is 0 Å². The van der Waals surface area contributed by atoms with Gasteiger partial charge in [0.2, 0.25) is 5.91 Å². The minimum atomic E-state index is -4.94. The summed E-state index contributed by atoms with van der Waals surface area (Å²) in [5.74, 6) is -0.0167. The molecule has 3 N–H and O–H groups in total. The number of nitrogens with two attached hydrogens (primary N) is 1. The van der Waals surface area contributed by atoms with E-state index < -0.39 is 41.8 Å². The van der Waals surface area contributed by atoms with Gasteiger partial charge in [-0.15, -0.1) is 0 Å². The predicted molar refractivity (Wildman–Crippen MR) is 142 cm³/mol. The van der Waals surface area contributed by atoms with Crippen LogP contribution in [0.4, 0.5) is 26.3 Å². The second-order valence-electron chi connectivity index (χ2n) is 11.1. The third-order valence-electron chi connectivity index (χ3n) is 8.01. The van der Waals surface area contributed by atoms with Crippen LogP contribution in [0.1, 0.15) is 48.4 Å². The van der Waals surface area contributed by atoms with E-state index in [1.807, 2.05) is 18.2 Å². The van der Waals surface area contributed by atoms with E-state index in [-0.39, 0.29) is 23.6 Å². The summed E-state index contributed by atoms with van der Waals surface area (Å²) in [5, 5.41) is 2.58. The van der Waals surface area contributed by atoms with Gasteiger partial charge in [-0.05, 0) is 79.4 Å². The van der Waals surface area contributed by atoms with Crippen LogP contribution in [-0.4, -0.2) is 36.5 Å². The lowest BCUT2D eigenvalue weighted by Gasteiger charge is -2.36. The number of alkyl halides is 6. The quantitative estimate of drug-likeness (QED) is 0.347. The Morgan fingerprint density at radius 1 is 1.07 bits per heavy atom. The molecule has 1 saturated carbocycles. The molecule has 2 aliphatic rings. The molecule has 4 rings (SSSR count). The molecule has 5 atom stereocenters. The van der Waals surface area contributed by atoms with Crippen molar-refractivity contribution in [2.45, 2.75) is 51.1 Å². The van der Waals surface area contributed by atoms with Gasteiger partial charge in [0.15, 0.2) is 0 Å². The van der Waals surface area contributed by atoms with Gasteiger partial charge < -0.3 is 16.0 Å².